The minimum atomic E-state index is -1.08. The van der Waals surface area contributed by atoms with E-state index in [0.29, 0.717) is 0 Å². The predicted molar refractivity (Wildman–Crippen MR) is 114 cm³/mol. The zero-order chi connectivity index (χ0) is 20.6. The van der Waals surface area contributed by atoms with Crippen molar-refractivity contribution in [2.45, 2.75) is 31.5 Å². The Morgan fingerprint density at radius 1 is 0.724 bits per heavy atom. The summed E-state index contributed by atoms with van der Waals surface area (Å²) in [6, 6.07) is 27.5. The molecule has 2 nitrogen and oxygen atoms in total. The van der Waals surface area contributed by atoms with Gasteiger partial charge < -0.3 is 10.0 Å². The molecule has 6 atom stereocenters. The van der Waals surface area contributed by atoms with Crippen LogP contribution in [0.2, 0.25) is 0 Å². The van der Waals surface area contributed by atoms with Crippen LogP contribution in [0.4, 0.5) is 4.39 Å². The van der Waals surface area contributed by atoms with Crippen molar-refractivity contribution in [2.24, 2.45) is 11.8 Å². The second-order valence-corrected chi connectivity index (χ2v) is 8.43. The van der Waals surface area contributed by atoms with Gasteiger partial charge in [-0.1, -0.05) is 86.6 Å². The Hall–Kier alpha value is -2.49. The van der Waals surface area contributed by atoms with E-state index in [1.54, 1.807) is 12.1 Å². The van der Waals surface area contributed by atoms with Gasteiger partial charge in [0.1, 0.15) is 23.5 Å². The molecule has 0 spiro atoms. The van der Waals surface area contributed by atoms with E-state index in [1.807, 2.05) is 12.1 Å². The van der Waals surface area contributed by atoms with Crippen molar-refractivity contribution in [1.82, 2.24) is 0 Å². The lowest BCUT2D eigenvalue weighted by atomic mass is 9.62. The number of piperidine rings is 1. The Labute approximate surface area is 172 Å². The standard InChI is InChI=1S/C26H28FNO/c1-18-24(20-10-6-4-7-11-20)28(3)25(21-12-8-5-9-13-21)19(2)26(18,29)22-14-16-23(27)17-15-22/h4-19,24-25,29H,1-3H3/p+1/t18-,19-,24-,25+,26?/m0/s1. The van der Waals surface area contributed by atoms with Crippen LogP contribution in [-0.2, 0) is 5.60 Å². The first kappa shape index (κ1) is 19.8. The van der Waals surface area contributed by atoms with Crippen molar-refractivity contribution in [3.63, 3.8) is 0 Å². The Morgan fingerprint density at radius 3 is 1.55 bits per heavy atom. The third-order valence-electron chi connectivity index (χ3n) is 6.99. The molecule has 1 aliphatic heterocycles. The smallest absolute Gasteiger partial charge is 0.123 e. The average molecular weight is 391 g/mol. The molecule has 3 heteroatoms. The molecule has 2 unspecified atom stereocenters. The second-order valence-electron chi connectivity index (χ2n) is 8.43. The van der Waals surface area contributed by atoms with E-state index in [4.69, 9.17) is 0 Å². The second kappa shape index (κ2) is 7.74. The molecule has 1 heterocycles. The Bertz CT molecular complexity index is 888. The van der Waals surface area contributed by atoms with Crippen molar-refractivity contribution in [2.75, 3.05) is 7.05 Å². The molecule has 3 aromatic carbocycles. The molecule has 1 saturated heterocycles. The van der Waals surface area contributed by atoms with Gasteiger partial charge in [-0.3, -0.25) is 0 Å². The average Bonchev–Trinajstić information content (AvgIpc) is 2.74. The largest absolute Gasteiger partial charge is 0.384 e. The summed E-state index contributed by atoms with van der Waals surface area (Å²) >= 11 is 0. The first-order chi connectivity index (χ1) is 13.9. The summed E-state index contributed by atoms with van der Waals surface area (Å²) in [5.41, 5.74) is 2.14. The van der Waals surface area contributed by atoms with Gasteiger partial charge in [0.25, 0.3) is 0 Å². The predicted octanol–water partition coefficient (Wildman–Crippen LogP) is 4.30. The fraction of sp³-hybridized carbons (Fsp3) is 0.308. The summed E-state index contributed by atoms with van der Waals surface area (Å²) < 4.78 is 13.6. The maximum atomic E-state index is 13.6. The van der Waals surface area contributed by atoms with Crippen LogP contribution in [0.5, 0.6) is 0 Å². The van der Waals surface area contributed by atoms with E-state index in [9.17, 15) is 9.50 Å². The quantitative estimate of drug-likeness (QED) is 0.685. The highest BCUT2D eigenvalue weighted by atomic mass is 19.1. The third kappa shape index (κ3) is 3.29. The fourth-order valence-corrected chi connectivity index (χ4v) is 5.57. The zero-order valence-electron chi connectivity index (χ0n) is 17.2. The fourth-order valence-electron chi connectivity index (χ4n) is 5.57. The summed E-state index contributed by atoms with van der Waals surface area (Å²) in [4.78, 5) is 1.37. The molecule has 0 bridgehead atoms. The molecule has 150 valence electrons. The molecule has 1 aliphatic rings. The highest BCUT2D eigenvalue weighted by Gasteiger charge is 2.57. The van der Waals surface area contributed by atoms with E-state index >= 15 is 0 Å². The number of hydrogen-bond donors (Lipinski definition) is 2. The van der Waals surface area contributed by atoms with E-state index < -0.39 is 5.60 Å². The lowest BCUT2D eigenvalue weighted by Gasteiger charge is -2.53. The summed E-state index contributed by atoms with van der Waals surface area (Å²) in [6.07, 6.45) is 0. The van der Waals surface area contributed by atoms with Crippen molar-refractivity contribution < 1.29 is 14.4 Å². The van der Waals surface area contributed by atoms with Crippen LogP contribution in [0.25, 0.3) is 0 Å². The number of likely N-dealkylation sites (tertiary alicyclic amines) is 1. The van der Waals surface area contributed by atoms with Crippen LogP contribution in [0, 0.1) is 17.7 Å². The van der Waals surface area contributed by atoms with Crippen LogP contribution in [0.15, 0.2) is 84.9 Å². The van der Waals surface area contributed by atoms with Crippen molar-refractivity contribution in [3.8, 4) is 0 Å². The van der Waals surface area contributed by atoms with Gasteiger partial charge in [-0.15, -0.1) is 0 Å². The number of hydrogen-bond acceptors (Lipinski definition) is 1. The molecule has 0 saturated carbocycles. The highest BCUT2D eigenvalue weighted by molar-refractivity contribution is 5.31. The third-order valence-corrected chi connectivity index (χ3v) is 6.99. The number of halogens is 1. The van der Waals surface area contributed by atoms with E-state index in [-0.39, 0.29) is 29.7 Å². The number of nitrogens with one attached hydrogen (secondary N) is 1. The Morgan fingerprint density at radius 2 is 1.14 bits per heavy atom. The van der Waals surface area contributed by atoms with Crippen LogP contribution >= 0.6 is 0 Å². The molecule has 0 aliphatic carbocycles. The zero-order valence-corrected chi connectivity index (χ0v) is 17.2. The van der Waals surface area contributed by atoms with Gasteiger partial charge in [-0.05, 0) is 17.7 Å². The minimum absolute atomic E-state index is 0.0506. The summed E-state index contributed by atoms with van der Waals surface area (Å²) in [6.45, 7) is 4.25. The number of aliphatic hydroxyl groups is 1. The molecule has 1 fully saturated rings. The molecular formula is C26H29FNO+. The van der Waals surface area contributed by atoms with E-state index in [1.165, 1.54) is 28.2 Å². The molecular weight excluding hydrogens is 361 g/mol. The molecule has 3 aromatic rings. The van der Waals surface area contributed by atoms with Gasteiger partial charge in [0, 0.05) is 23.0 Å². The lowest BCUT2D eigenvalue weighted by Crippen LogP contribution is -3.13. The number of quaternary nitrogens is 1. The first-order valence-corrected chi connectivity index (χ1v) is 10.4. The van der Waals surface area contributed by atoms with Gasteiger partial charge in [0.05, 0.1) is 7.05 Å². The Kier molecular flexibility index (Phi) is 5.28. The monoisotopic (exact) mass is 390 g/mol. The van der Waals surface area contributed by atoms with Gasteiger partial charge >= 0.3 is 0 Å². The van der Waals surface area contributed by atoms with Crippen LogP contribution < -0.4 is 4.90 Å². The van der Waals surface area contributed by atoms with Gasteiger partial charge in [-0.2, -0.15) is 0 Å². The maximum absolute atomic E-state index is 13.6. The summed E-state index contributed by atoms with van der Waals surface area (Å²) in [5.74, 6) is -0.383. The SMILES string of the molecule is C[C@H]1[C@@H](c2ccccc2)[NH+](C)[C@@H](c2ccccc2)[C@H](C)C1(O)c1ccc(F)cc1. The normalized spacial score (nSPS) is 32.1. The lowest BCUT2D eigenvalue weighted by molar-refractivity contribution is -0.962. The number of rotatable bonds is 3. The Balaban J connectivity index is 1.89. The van der Waals surface area contributed by atoms with Gasteiger partial charge in [0.2, 0.25) is 0 Å². The van der Waals surface area contributed by atoms with Crippen molar-refractivity contribution in [1.29, 1.82) is 0 Å². The molecule has 4 rings (SSSR count). The molecule has 0 aromatic heterocycles. The van der Waals surface area contributed by atoms with E-state index in [2.05, 4.69) is 69.4 Å². The van der Waals surface area contributed by atoms with Crippen LogP contribution in [0.1, 0.15) is 42.6 Å². The minimum Gasteiger partial charge on any atom is -0.384 e. The number of benzene rings is 3. The van der Waals surface area contributed by atoms with Crippen molar-refractivity contribution in [3.05, 3.63) is 107 Å². The van der Waals surface area contributed by atoms with Crippen molar-refractivity contribution >= 4 is 0 Å². The highest BCUT2D eigenvalue weighted by Crippen LogP contribution is 2.49. The molecule has 0 radical (unpaired) electrons. The summed E-state index contributed by atoms with van der Waals surface area (Å²) in [5, 5.41) is 12.2. The molecule has 29 heavy (non-hydrogen) atoms. The first-order valence-electron chi connectivity index (χ1n) is 10.4. The summed E-state index contributed by atoms with van der Waals surface area (Å²) in [7, 11) is 2.23. The van der Waals surface area contributed by atoms with Crippen LogP contribution in [-0.4, -0.2) is 12.2 Å². The van der Waals surface area contributed by atoms with E-state index in [0.717, 1.165) is 5.56 Å². The molecule has 2 N–H and O–H groups in total. The molecule has 0 amide bonds. The maximum Gasteiger partial charge on any atom is 0.123 e. The van der Waals surface area contributed by atoms with Gasteiger partial charge in [0.15, 0.2) is 0 Å². The topological polar surface area (TPSA) is 24.7 Å². The van der Waals surface area contributed by atoms with Gasteiger partial charge in [-0.25, -0.2) is 4.39 Å². The van der Waals surface area contributed by atoms with Crippen LogP contribution in [0.3, 0.4) is 0 Å².